The number of hydrogen-bond donors (Lipinski definition) is 0. The highest BCUT2D eigenvalue weighted by atomic mass is 79.9. The van der Waals surface area contributed by atoms with Crippen LogP contribution in [0.1, 0.15) is 26.7 Å². The summed E-state index contributed by atoms with van der Waals surface area (Å²) >= 11 is 9.29. The molecule has 0 amide bonds. The third-order valence-corrected chi connectivity index (χ3v) is 7.01. The van der Waals surface area contributed by atoms with Crippen molar-refractivity contribution in [2.45, 2.75) is 32.6 Å². The van der Waals surface area contributed by atoms with Crippen molar-refractivity contribution in [2.24, 2.45) is 0 Å². The van der Waals surface area contributed by atoms with Crippen molar-refractivity contribution in [1.82, 2.24) is 4.98 Å². The lowest BCUT2D eigenvalue weighted by atomic mass is 9.79. The van der Waals surface area contributed by atoms with Crippen LogP contribution in [0.15, 0.2) is 24.3 Å². The average molecular weight is 417 g/mol. The summed E-state index contributed by atoms with van der Waals surface area (Å²) in [6, 6.07) is 8.66. The van der Waals surface area contributed by atoms with Crippen LogP contribution in [-0.4, -0.2) is 15.6 Å². The van der Waals surface area contributed by atoms with Crippen LogP contribution >= 0.6 is 43.2 Å². The second-order valence-electron chi connectivity index (χ2n) is 5.29. The summed E-state index contributed by atoms with van der Waals surface area (Å²) in [6.45, 7) is 6.43. The van der Waals surface area contributed by atoms with Gasteiger partial charge in [-0.25, -0.2) is 4.98 Å². The number of benzene rings is 1. The van der Waals surface area contributed by atoms with Crippen molar-refractivity contribution in [3.63, 3.8) is 0 Å². The Balaban J connectivity index is 2.42. The van der Waals surface area contributed by atoms with Gasteiger partial charge in [0, 0.05) is 27.4 Å². The molecule has 0 aliphatic heterocycles. The lowest BCUT2D eigenvalue weighted by molar-refractivity contribution is 0.545. The minimum atomic E-state index is 0.0576. The summed E-state index contributed by atoms with van der Waals surface area (Å²) in [4.78, 5) is 6.05. The van der Waals surface area contributed by atoms with E-state index in [9.17, 15) is 0 Å². The normalized spacial score (nSPS) is 11.8. The van der Waals surface area contributed by atoms with Gasteiger partial charge in [-0.15, -0.1) is 11.3 Å². The molecule has 0 fully saturated rings. The van der Waals surface area contributed by atoms with E-state index < -0.39 is 0 Å². The van der Waals surface area contributed by atoms with E-state index in [4.69, 9.17) is 4.98 Å². The molecule has 0 unspecified atom stereocenters. The number of aryl methyl sites for hydroxylation is 3. The average Bonchev–Trinajstić information content (AvgIpc) is 2.75. The smallest absolute Gasteiger partial charge is 0.0940 e. The Morgan fingerprint density at radius 3 is 2.25 bits per heavy atom. The number of aromatic nitrogens is 1. The van der Waals surface area contributed by atoms with Gasteiger partial charge >= 0.3 is 0 Å². The SMILES string of the molecule is Cc1ccccc1C(CBr)(CBr)Cc1nc(C)c(C)s1. The highest BCUT2D eigenvalue weighted by Gasteiger charge is 2.33. The zero-order chi connectivity index (χ0) is 14.8. The predicted octanol–water partition coefficient (Wildman–Crippen LogP) is 5.34. The topological polar surface area (TPSA) is 12.9 Å². The van der Waals surface area contributed by atoms with Crippen LogP contribution in [0.2, 0.25) is 0 Å². The maximum atomic E-state index is 4.72. The first-order valence-electron chi connectivity index (χ1n) is 6.63. The molecule has 0 radical (unpaired) electrons. The van der Waals surface area contributed by atoms with Crippen molar-refractivity contribution in [3.05, 3.63) is 51.0 Å². The van der Waals surface area contributed by atoms with Crippen LogP contribution in [0.4, 0.5) is 0 Å². The maximum Gasteiger partial charge on any atom is 0.0940 e. The van der Waals surface area contributed by atoms with Crippen LogP contribution in [-0.2, 0) is 11.8 Å². The highest BCUT2D eigenvalue weighted by molar-refractivity contribution is 9.09. The first-order chi connectivity index (χ1) is 9.52. The van der Waals surface area contributed by atoms with Crippen molar-refractivity contribution in [2.75, 3.05) is 10.7 Å². The third kappa shape index (κ3) is 3.18. The van der Waals surface area contributed by atoms with Gasteiger partial charge < -0.3 is 0 Å². The summed E-state index contributed by atoms with van der Waals surface area (Å²) in [7, 11) is 0. The van der Waals surface area contributed by atoms with Crippen LogP contribution in [0, 0.1) is 20.8 Å². The van der Waals surface area contributed by atoms with E-state index >= 15 is 0 Å². The summed E-state index contributed by atoms with van der Waals surface area (Å²) in [5, 5.41) is 3.07. The van der Waals surface area contributed by atoms with Crippen LogP contribution in [0.3, 0.4) is 0 Å². The molecule has 1 heterocycles. The Bertz CT molecular complexity index is 568. The van der Waals surface area contributed by atoms with Crippen LogP contribution in [0.5, 0.6) is 0 Å². The predicted molar refractivity (Wildman–Crippen MR) is 95.7 cm³/mol. The summed E-state index contributed by atoms with van der Waals surface area (Å²) in [5.74, 6) is 0. The molecular weight excluding hydrogens is 398 g/mol. The molecule has 1 aromatic carbocycles. The summed E-state index contributed by atoms with van der Waals surface area (Å²) in [5.41, 5.74) is 3.96. The molecule has 0 saturated carbocycles. The number of hydrogen-bond acceptors (Lipinski definition) is 2. The summed E-state index contributed by atoms with van der Waals surface area (Å²) in [6.07, 6.45) is 0.966. The second kappa shape index (κ2) is 6.71. The number of halogens is 2. The first-order valence-corrected chi connectivity index (χ1v) is 9.69. The first kappa shape index (κ1) is 16.2. The molecule has 0 spiro atoms. The van der Waals surface area contributed by atoms with Gasteiger partial charge in [0.25, 0.3) is 0 Å². The molecule has 0 N–H and O–H groups in total. The van der Waals surface area contributed by atoms with Gasteiger partial charge in [0.1, 0.15) is 0 Å². The Kier molecular flexibility index (Phi) is 5.43. The number of thiazole rings is 1. The maximum absolute atomic E-state index is 4.72. The molecule has 20 heavy (non-hydrogen) atoms. The molecular formula is C16H19Br2NS. The molecule has 0 bridgehead atoms. The highest BCUT2D eigenvalue weighted by Crippen LogP contribution is 2.36. The van der Waals surface area contributed by atoms with Gasteiger partial charge in [0.15, 0.2) is 0 Å². The number of nitrogens with zero attached hydrogens (tertiary/aromatic N) is 1. The van der Waals surface area contributed by atoms with E-state index in [2.05, 4.69) is 76.9 Å². The van der Waals surface area contributed by atoms with E-state index in [-0.39, 0.29) is 5.41 Å². The molecule has 1 nitrogen and oxygen atoms in total. The van der Waals surface area contributed by atoms with Crippen molar-refractivity contribution in [3.8, 4) is 0 Å². The number of alkyl halides is 2. The van der Waals surface area contributed by atoms with E-state index in [0.29, 0.717) is 0 Å². The van der Waals surface area contributed by atoms with Crippen molar-refractivity contribution < 1.29 is 0 Å². The largest absolute Gasteiger partial charge is 0.246 e. The molecule has 4 heteroatoms. The lowest BCUT2D eigenvalue weighted by Gasteiger charge is -2.31. The minimum absolute atomic E-state index is 0.0576. The molecule has 0 aliphatic carbocycles. The van der Waals surface area contributed by atoms with E-state index in [1.165, 1.54) is 21.0 Å². The van der Waals surface area contributed by atoms with E-state index in [1.54, 1.807) is 0 Å². The fraction of sp³-hybridized carbons (Fsp3) is 0.438. The fourth-order valence-corrected chi connectivity index (χ4v) is 5.45. The van der Waals surface area contributed by atoms with Crippen LogP contribution in [0.25, 0.3) is 0 Å². The molecule has 2 aromatic rings. The Morgan fingerprint density at radius 1 is 1.10 bits per heavy atom. The Morgan fingerprint density at radius 2 is 1.75 bits per heavy atom. The van der Waals surface area contributed by atoms with Gasteiger partial charge in [-0.3, -0.25) is 0 Å². The van der Waals surface area contributed by atoms with Gasteiger partial charge in [0.2, 0.25) is 0 Å². The van der Waals surface area contributed by atoms with Gasteiger partial charge in [-0.2, -0.15) is 0 Å². The van der Waals surface area contributed by atoms with Crippen LogP contribution < -0.4 is 0 Å². The molecule has 0 aliphatic rings. The zero-order valence-electron chi connectivity index (χ0n) is 12.0. The quantitative estimate of drug-likeness (QED) is 0.599. The number of rotatable bonds is 5. The molecule has 0 atom stereocenters. The second-order valence-corrected chi connectivity index (χ2v) is 7.70. The van der Waals surface area contributed by atoms with E-state index in [1.807, 2.05) is 11.3 Å². The molecule has 2 rings (SSSR count). The van der Waals surface area contributed by atoms with Gasteiger partial charge in [0.05, 0.1) is 10.7 Å². The lowest BCUT2D eigenvalue weighted by Crippen LogP contribution is -2.33. The van der Waals surface area contributed by atoms with Crippen molar-refractivity contribution >= 4 is 43.2 Å². The zero-order valence-corrected chi connectivity index (χ0v) is 16.0. The monoisotopic (exact) mass is 415 g/mol. The fourth-order valence-electron chi connectivity index (χ4n) is 2.44. The third-order valence-electron chi connectivity index (χ3n) is 3.79. The van der Waals surface area contributed by atoms with Gasteiger partial charge in [-0.1, -0.05) is 56.1 Å². The molecule has 0 saturated heterocycles. The van der Waals surface area contributed by atoms with Crippen molar-refractivity contribution in [1.29, 1.82) is 0 Å². The van der Waals surface area contributed by atoms with E-state index in [0.717, 1.165) is 22.8 Å². The standard InChI is InChI=1S/C16H19Br2NS/c1-11-6-4-5-7-14(11)16(9-17,10-18)8-15-19-12(2)13(3)20-15/h4-7H,8-10H2,1-3H3. The Labute approximate surface area is 142 Å². The summed E-state index contributed by atoms with van der Waals surface area (Å²) < 4.78 is 0. The van der Waals surface area contributed by atoms with Gasteiger partial charge in [-0.05, 0) is 31.9 Å². The molecule has 108 valence electrons. The minimum Gasteiger partial charge on any atom is -0.246 e. The molecule has 1 aromatic heterocycles. The Hall–Kier alpha value is -0.190.